The van der Waals surface area contributed by atoms with Gasteiger partial charge in [-0.3, -0.25) is 4.79 Å². The number of rotatable bonds is 11. The van der Waals surface area contributed by atoms with Crippen LogP contribution in [0.25, 0.3) is 0 Å². The Labute approximate surface area is 180 Å². The van der Waals surface area contributed by atoms with Gasteiger partial charge in [-0.15, -0.1) is 0 Å². The van der Waals surface area contributed by atoms with Crippen molar-refractivity contribution in [1.29, 1.82) is 0 Å². The minimum atomic E-state index is -0.277. The molecule has 0 bridgehead atoms. The lowest BCUT2D eigenvalue weighted by Gasteiger charge is -2.09. The summed E-state index contributed by atoms with van der Waals surface area (Å²) < 4.78 is 6.80. The second kappa shape index (κ2) is 12.6. The number of hydrogen-bond acceptors (Lipinski definition) is 3. The Morgan fingerprint density at radius 1 is 1.11 bits per heavy atom. The average Bonchev–Trinajstić information content (AvgIpc) is 2.69. The largest absolute Gasteiger partial charge is 0.493 e. The molecule has 150 valence electrons. The monoisotopic (exact) mass is 464 g/mol. The average molecular weight is 466 g/mol. The van der Waals surface area contributed by atoms with Crippen molar-refractivity contribution in [3.63, 3.8) is 0 Å². The Morgan fingerprint density at radius 2 is 1.82 bits per heavy atom. The summed E-state index contributed by atoms with van der Waals surface area (Å²) in [5.74, 6) is 0.430. The summed E-state index contributed by atoms with van der Waals surface area (Å²) in [5, 5.41) is 4.64. The van der Waals surface area contributed by atoms with Crippen LogP contribution in [0, 0.1) is 0 Å². The van der Waals surface area contributed by atoms with Crippen LogP contribution in [0.4, 0.5) is 0 Å². The van der Waals surface area contributed by atoms with E-state index in [1.165, 1.54) is 32.1 Å². The molecule has 0 aromatic heterocycles. The molecule has 0 saturated carbocycles. The molecule has 0 heterocycles. The van der Waals surface area contributed by atoms with Gasteiger partial charge in [-0.25, -0.2) is 5.43 Å². The number of halogens is 2. The van der Waals surface area contributed by atoms with Gasteiger partial charge in [0, 0.05) is 20.6 Å². The van der Waals surface area contributed by atoms with Crippen molar-refractivity contribution < 1.29 is 9.53 Å². The lowest BCUT2D eigenvalue weighted by atomic mass is 10.1. The molecule has 4 nitrogen and oxygen atoms in total. The van der Waals surface area contributed by atoms with Gasteiger partial charge in [0.2, 0.25) is 0 Å². The Morgan fingerprint density at radius 3 is 2.57 bits per heavy atom. The first-order valence-corrected chi connectivity index (χ1v) is 10.8. The minimum Gasteiger partial charge on any atom is -0.493 e. The number of benzene rings is 2. The summed E-state index contributed by atoms with van der Waals surface area (Å²) in [7, 11) is 0. The highest BCUT2D eigenvalue weighted by Gasteiger charge is 2.05. The van der Waals surface area contributed by atoms with Gasteiger partial charge in [-0.2, -0.15) is 5.10 Å². The normalized spacial score (nSPS) is 11.0. The van der Waals surface area contributed by atoms with E-state index in [1.54, 1.807) is 30.5 Å². The lowest BCUT2D eigenvalue weighted by molar-refractivity contribution is 0.0955. The quantitative estimate of drug-likeness (QED) is 0.231. The third-order valence-corrected chi connectivity index (χ3v) is 4.97. The van der Waals surface area contributed by atoms with Crippen molar-refractivity contribution in [2.24, 2.45) is 5.10 Å². The van der Waals surface area contributed by atoms with E-state index >= 15 is 0 Å². The molecule has 0 aliphatic heterocycles. The van der Waals surface area contributed by atoms with Crippen molar-refractivity contribution in [2.45, 2.75) is 45.4 Å². The molecule has 0 saturated heterocycles. The first-order valence-electron chi connectivity index (χ1n) is 9.61. The van der Waals surface area contributed by atoms with Crippen LogP contribution < -0.4 is 10.2 Å². The Bertz CT molecular complexity index is 779. The molecule has 6 heteroatoms. The van der Waals surface area contributed by atoms with Crippen molar-refractivity contribution in [3.8, 4) is 5.75 Å². The molecule has 0 aliphatic carbocycles. The van der Waals surface area contributed by atoms with Crippen molar-refractivity contribution in [1.82, 2.24) is 5.43 Å². The number of amides is 1. The molecule has 0 atom stereocenters. The van der Waals surface area contributed by atoms with Crippen molar-refractivity contribution >= 4 is 39.7 Å². The van der Waals surface area contributed by atoms with Crippen molar-refractivity contribution in [2.75, 3.05) is 6.61 Å². The molecule has 0 aliphatic rings. The van der Waals surface area contributed by atoms with Gasteiger partial charge in [0.25, 0.3) is 5.91 Å². The summed E-state index contributed by atoms with van der Waals surface area (Å²) in [6.07, 6.45) is 8.82. The molecule has 0 spiro atoms. The van der Waals surface area contributed by atoms with Crippen molar-refractivity contribution in [3.05, 3.63) is 63.1 Å². The van der Waals surface area contributed by atoms with E-state index < -0.39 is 0 Å². The number of ether oxygens (including phenoxy) is 1. The highest BCUT2D eigenvalue weighted by molar-refractivity contribution is 9.10. The third-order valence-electron chi connectivity index (χ3n) is 4.20. The summed E-state index contributed by atoms with van der Waals surface area (Å²) in [4.78, 5) is 12.1. The predicted octanol–water partition coefficient (Wildman–Crippen LogP) is 6.61. The fourth-order valence-corrected chi connectivity index (χ4v) is 3.09. The molecule has 0 radical (unpaired) electrons. The number of carbonyl (C=O) groups is 1. The zero-order chi connectivity index (χ0) is 20.2. The van der Waals surface area contributed by atoms with E-state index in [1.807, 2.05) is 18.2 Å². The Balaban J connectivity index is 1.87. The van der Waals surface area contributed by atoms with Crippen LogP contribution in [-0.2, 0) is 0 Å². The van der Waals surface area contributed by atoms with Gasteiger partial charge >= 0.3 is 0 Å². The lowest BCUT2D eigenvalue weighted by Crippen LogP contribution is -2.17. The minimum absolute atomic E-state index is 0.277. The van der Waals surface area contributed by atoms with E-state index in [0.29, 0.717) is 22.9 Å². The van der Waals surface area contributed by atoms with Gasteiger partial charge in [0.05, 0.1) is 12.8 Å². The number of unbranched alkanes of at least 4 members (excludes halogenated alkanes) is 5. The van der Waals surface area contributed by atoms with Gasteiger partial charge in [0.1, 0.15) is 5.75 Å². The van der Waals surface area contributed by atoms with E-state index in [9.17, 15) is 4.79 Å². The molecule has 2 aromatic carbocycles. The smallest absolute Gasteiger partial charge is 0.271 e. The number of hydrogen-bond donors (Lipinski definition) is 1. The number of nitrogens with one attached hydrogen (secondary N) is 1. The van der Waals surface area contributed by atoms with E-state index in [2.05, 4.69) is 33.4 Å². The van der Waals surface area contributed by atoms with Gasteiger partial charge < -0.3 is 4.74 Å². The maximum Gasteiger partial charge on any atom is 0.271 e. The molecular formula is C22H26BrClN2O2. The van der Waals surface area contributed by atoms with Gasteiger partial charge in [-0.1, -0.05) is 66.6 Å². The van der Waals surface area contributed by atoms with E-state index in [0.717, 1.165) is 16.5 Å². The second-order valence-corrected chi connectivity index (χ2v) is 7.86. The topological polar surface area (TPSA) is 50.7 Å². The zero-order valence-electron chi connectivity index (χ0n) is 16.1. The standard InChI is InChI=1S/C22H26BrClN2O2/c1-2-3-4-5-6-7-14-28-21-13-12-20(24)15-18(21)16-25-26-22(27)17-8-10-19(23)11-9-17/h8-13,15-16H,2-7,14H2,1H3,(H,26,27)/b25-16+. The highest BCUT2D eigenvalue weighted by Crippen LogP contribution is 2.22. The van der Waals surface area contributed by atoms with Crippen LogP contribution in [-0.4, -0.2) is 18.7 Å². The SMILES string of the molecule is CCCCCCCCOc1ccc(Cl)cc1/C=N/NC(=O)c1ccc(Br)cc1. The molecule has 0 fully saturated rings. The van der Waals surface area contributed by atoms with Gasteiger partial charge in [-0.05, 0) is 48.9 Å². The second-order valence-electron chi connectivity index (χ2n) is 6.50. The maximum absolute atomic E-state index is 12.1. The Kier molecular flexibility index (Phi) is 10.1. The summed E-state index contributed by atoms with van der Waals surface area (Å²) in [6.45, 7) is 2.87. The number of nitrogens with zero attached hydrogens (tertiary/aromatic N) is 1. The summed E-state index contributed by atoms with van der Waals surface area (Å²) in [6, 6.07) is 12.5. The summed E-state index contributed by atoms with van der Waals surface area (Å²) in [5.41, 5.74) is 3.79. The first kappa shape index (κ1) is 22.4. The van der Waals surface area contributed by atoms with Crippen LogP contribution in [0.15, 0.2) is 52.0 Å². The molecule has 0 unspecified atom stereocenters. The first-order chi connectivity index (χ1) is 13.6. The zero-order valence-corrected chi connectivity index (χ0v) is 18.4. The Hall–Kier alpha value is -1.85. The van der Waals surface area contributed by atoms with Crippen LogP contribution >= 0.6 is 27.5 Å². The fourth-order valence-electron chi connectivity index (χ4n) is 2.64. The van der Waals surface area contributed by atoms with E-state index in [-0.39, 0.29) is 5.91 Å². The predicted molar refractivity (Wildman–Crippen MR) is 120 cm³/mol. The maximum atomic E-state index is 12.1. The molecular weight excluding hydrogens is 440 g/mol. The van der Waals surface area contributed by atoms with Gasteiger partial charge in [0.15, 0.2) is 0 Å². The third kappa shape index (κ3) is 8.03. The van der Waals surface area contributed by atoms with Crippen LogP contribution in [0.5, 0.6) is 5.75 Å². The fraction of sp³-hybridized carbons (Fsp3) is 0.364. The molecule has 28 heavy (non-hydrogen) atoms. The van der Waals surface area contributed by atoms with Crippen LogP contribution in [0.3, 0.4) is 0 Å². The number of hydrazone groups is 1. The van der Waals surface area contributed by atoms with Crippen LogP contribution in [0.1, 0.15) is 61.4 Å². The highest BCUT2D eigenvalue weighted by atomic mass is 79.9. The van der Waals surface area contributed by atoms with E-state index in [4.69, 9.17) is 16.3 Å². The molecule has 1 amide bonds. The summed E-state index contributed by atoms with van der Waals surface area (Å²) >= 11 is 9.44. The number of carbonyl (C=O) groups excluding carboxylic acids is 1. The van der Waals surface area contributed by atoms with Crippen LogP contribution in [0.2, 0.25) is 5.02 Å². The molecule has 1 N–H and O–H groups in total. The molecule has 2 aromatic rings. The molecule has 2 rings (SSSR count).